The lowest BCUT2D eigenvalue weighted by molar-refractivity contribution is 0.0481. The van der Waals surface area contributed by atoms with Gasteiger partial charge in [-0.1, -0.05) is 10.2 Å². The lowest BCUT2D eigenvalue weighted by Gasteiger charge is -1.94. The molecule has 0 radical (unpaired) electrons. The molecular formula is C7H11N3O3. The molecule has 0 fully saturated rings. The molecule has 6 nitrogen and oxygen atoms in total. The zero-order valence-electron chi connectivity index (χ0n) is 7.53. The number of aromatic nitrogens is 2. The second-order valence-corrected chi connectivity index (χ2v) is 2.16. The van der Waals surface area contributed by atoms with Gasteiger partial charge in [0.2, 0.25) is 0 Å². The van der Waals surface area contributed by atoms with Crippen LogP contribution in [0.25, 0.3) is 0 Å². The molecule has 72 valence electrons. The van der Waals surface area contributed by atoms with Crippen LogP contribution in [0.2, 0.25) is 0 Å². The first kappa shape index (κ1) is 9.50. The average molecular weight is 185 g/mol. The van der Waals surface area contributed by atoms with Gasteiger partial charge in [0.15, 0.2) is 0 Å². The van der Waals surface area contributed by atoms with Crippen LogP contribution in [-0.4, -0.2) is 29.3 Å². The third-order valence-corrected chi connectivity index (χ3v) is 1.20. The standard InChI is InChI=1S/C7H11N3O3/c1-3-8-7-10-9-5(13-7)6(11)12-4-2/h3-4H2,1-2H3,(H,8,10). The number of hydrogen-bond acceptors (Lipinski definition) is 6. The van der Waals surface area contributed by atoms with Gasteiger partial charge in [-0.3, -0.25) is 0 Å². The minimum absolute atomic E-state index is 0.127. The third-order valence-electron chi connectivity index (χ3n) is 1.20. The normalized spacial score (nSPS) is 9.69. The molecule has 0 aromatic carbocycles. The van der Waals surface area contributed by atoms with Crippen LogP contribution in [0.1, 0.15) is 24.5 Å². The highest BCUT2D eigenvalue weighted by Crippen LogP contribution is 2.05. The molecule has 0 saturated carbocycles. The number of anilines is 1. The fraction of sp³-hybridized carbons (Fsp3) is 0.571. The van der Waals surface area contributed by atoms with Gasteiger partial charge >= 0.3 is 17.9 Å². The van der Waals surface area contributed by atoms with Gasteiger partial charge in [0.25, 0.3) is 0 Å². The highest BCUT2D eigenvalue weighted by molar-refractivity contribution is 5.84. The fourth-order valence-corrected chi connectivity index (χ4v) is 0.721. The van der Waals surface area contributed by atoms with Gasteiger partial charge in [-0.25, -0.2) is 4.79 Å². The van der Waals surface area contributed by atoms with Gasteiger partial charge in [0, 0.05) is 6.54 Å². The van der Waals surface area contributed by atoms with Crippen molar-refractivity contribution in [3.05, 3.63) is 5.89 Å². The molecule has 0 bridgehead atoms. The van der Waals surface area contributed by atoms with Crippen LogP contribution in [0.4, 0.5) is 6.01 Å². The van der Waals surface area contributed by atoms with Crippen LogP contribution >= 0.6 is 0 Å². The highest BCUT2D eigenvalue weighted by atomic mass is 16.5. The second-order valence-electron chi connectivity index (χ2n) is 2.16. The lowest BCUT2D eigenvalue weighted by Crippen LogP contribution is -2.04. The fourth-order valence-electron chi connectivity index (χ4n) is 0.721. The van der Waals surface area contributed by atoms with Crippen molar-refractivity contribution in [3.8, 4) is 0 Å². The first-order valence-electron chi connectivity index (χ1n) is 4.02. The van der Waals surface area contributed by atoms with Gasteiger partial charge in [0.1, 0.15) is 0 Å². The Morgan fingerprint density at radius 3 is 2.92 bits per heavy atom. The molecule has 1 N–H and O–H groups in total. The van der Waals surface area contributed by atoms with E-state index in [4.69, 9.17) is 4.42 Å². The first-order chi connectivity index (χ1) is 6.27. The Bertz CT molecular complexity index is 284. The van der Waals surface area contributed by atoms with Crippen molar-refractivity contribution < 1.29 is 13.9 Å². The third kappa shape index (κ3) is 2.43. The van der Waals surface area contributed by atoms with E-state index in [0.717, 1.165) is 0 Å². The molecule has 1 rings (SSSR count). The van der Waals surface area contributed by atoms with E-state index in [0.29, 0.717) is 6.54 Å². The molecule has 0 saturated heterocycles. The Morgan fingerprint density at radius 2 is 2.31 bits per heavy atom. The summed E-state index contributed by atoms with van der Waals surface area (Å²) >= 11 is 0. The number of carbonyl (C=O) groups is 1. The highest BCUT2D eigenvalue weighted by Gasteiger charge is 2.14. The molecule has 1 aromatic rings. The van der Waals surface area contributed by atoms with Crippen molar-refractivity contribution in [2.75, 3.05) is 18.5 Å². The molecule has 6 heteroatoms. The van der Waals surface area contributed by atoms with E-state index in [1.165, 1.54) is 0 Å². The van der Waals surface area contributed by atoms with E-state index in [2.05, 4.69) is 20.3 Å². The molecule has 0 aliphatic heterocycles. The number of esters is 1. The number of ether oxygens (including phenoxy) is 1. The quantitative estimate of drug-likeness (QED) is 0.695. The van der Waals surface area contributed by atoms with Crippen LogP contribution in [0.15, 0.2) is 4.42 Å². The first-order valence-corrected chi connectivity index (χ1v) is 4.02. The smallest absolute Gasteiger partial charge is 0.396 e. The molecular weight excluding hydrogens is 174 g/mol. The predicted molar refractivity (Wildman–Crippen MR) is 44.4 cm³/mol. The molecule has 0 amide bonds. The maximum absolute atomic E-state index is 11.0. The van der Waals surface area contributed by atoms with Crippen LogP contribution in [0, 0.1) is 0 Å². The van der Waals surface area contributed by atoms with Crippen LogP contribution < -0.4 is 5.32 Å². The summed E-state index contributed by atoms with van der Waals surface area (Å²) in [5.74, 6) is -0.725. The molecule has 0 atom stereocenters. The summed E-state index contributed by atoms with van der Waals surface area (Å²) in [5.41, 5.74) is 0. The zero-order valence-corrected chi connectivity index (χ0v) is 7.53. The molecule has 1 aromatic heterocycles. The van der Waals surface area contributed by atoms with E-state index in [-0.39, 0.29) is 18.5 Å². The maximum atomic E-state index is 11.0. The average Bonchev–Trinajstić information content (AvgIpc) is 2.54. The van der Waals surface area contributed by atoms with Crippen molar-refractivity contribution in [1.29, 1.82) is 0 Å². The van der Waals surface area contributed by atoms with Gasteiger partial charge in [0.05, 0.1) is 6.61 Å². The lowest BCUT2D eigenvalue weighted by atomic mass is 10.7. The summed E-state index contributed by atoms with van der Waals surface area (Å²) in [5, 5.41) is 9.86. The van der Waals surface area contributed by atoms with Crippen molar-refractivity contribution in [2.24, 2.45) is 0 Å². The van der Waals surface area contributed by atoms with Gasteiger partial charge < -0.3 is 14.5 Å². The number of hydrogen-bond donors (Lipinski definition) is 1. The molecule has 0 spiro atoms. The zero-order chi connectivity index (χ0) is 9.68. The Hall–Kier alpha value is -1.59. The summed E-state index contributed by atoms with van der Waals surface area (Å²) in [6, 6.07) is 0.227. The van der Waals surface area contributed by atoms with E-state index in [1.54, 1.807) is 6.92 Å². The summed E-state index contributed by atoms with van der Waals surface area (Å²) in [6.07, 6.45) is 0. The number of rotatable bonds is 4. The Balaban J connectivity index is 2.62. The maximum Gasteiger partial charge on any atom is 0.396 e. The van der Waals surface area contributed by atoms with E-state index in [1.807, 2.05) is 6.92 Å². The Kier molecular flexibility index (Phi) is 3.24. The topological polar surface area (TPSA) is 77.2 Å². The van der Waals surface area contributed by atoms with Gasteiger partial charge in [-0.05, 0) is 13.8 Å². The van der Waals surface area contributed by atoms with Crippen molar-refractivity contribution in [2.45, 2.75) is 13.8 Å². The number of nitrogens with zero attached hydrogens (tertiary/aromatic N) is 2. The number of carbonyl (C=O) groups excluding carboxylic acids is 1. The Morgan fingerprint density at radius 1 is 1.54 bits per heavy atom. The van der Waals surface area contributed by atoms with E-state index < -0.39 is 5.97 Å². The number of nitrogens with one attached hydrogen (secondary N) is 1. The molecule has 0 aliphatic rings. The molecule has 0 aliphatic carbocycles. The SMILES string of the molecule is CCNc1nnc(C(=O)OCC)o1. The van der Waals surface area contributed by atoms with Crippen LogP contribution in [0.3, 0.4) is 0 Å². The molecule has 0 unspecified atom stereocenters. The molecule has 13 heavy (non-hydrogen) atoms. The summed E-state index contributed by atoms with van der Waals surface area (Å²) in [6.45, 7) is 4.54. The molecule has 1 heterocycles. The Labute approximate surface area is 75.3 Å². The van der Waals surface area contributed by atoms with Crippen molar-refractivity contribution in [1.82, 2.24) is 10.2 Å². The minimum atomic E-state index is -0.598. The van der Waals surface area contributed by atoms with Gasteiger partial charge in [-0.15, -0.1) is 0 Å². The minimum Gasteiger partial charge on any atom is -0.459 e. The monoisotopic (exact) mass is 185 g/mol. The van der Waals surface area contributed by atoms with Crippen molar-refractivity contribution in [3.63, 3.8) is 0 Å². The largest absolute Gasteiger partial charge is 0.459 e. The van der Waals surface area contributed by atoms with Crippen LogP contribution in [-0.2, 0) is 4.74 Å². The summed E-state index contributed by atoms with van der Waals surface area (Å²) in [4.78, 5) is 11.0. The van der Waals surface area contributed by atoms with Crippen molar-refractivity contribution >= 4 is 12.0 Å². The van der Waals surface area contributed by atoms with Crippen LogP contribution in [0.5, 0.6) is 0 Å². The summed E-state index contributed by atoms with van der Waals surface area (Å²) in [7, 11) is 0. The predicted octanol–water partition coefficient (Wildman–Crippen LogP) is 0.678. The van der Waals surface area contributed by atoms with Gasteiger partial charge in [-0.2, -0.15) is 0 Å². The summed E-state index contributed by atoms with van der Waals surface area (Å²) < 4.78 is 9.59. The second kappa shape index (κ2) is 4.44. The van der Waals surface area contributed by atoms with E-state index in [9.17, 15) is 4.79 Å². The van der Waals surface area contributed by atoms with E-state index >= 15 is 0 Å².